The van der Waals surface area contributed by atoms with Crippen molar-refractivity contribution >= 4 is 5.91 Å². The van der Waals surface area contributed by atoms with Gasteiger partial charge in [0.2, 0.25) is 5.91 Å². The summed E-state index contributed by atoms with van der Waals surface area (Å²) in [4.78, 5) is 25.9. The Morgan fingerprint density at radius 3 is 2.77 bits per heavy atom. The predicted octanol–water partition coefficient (Wildman–Crippen LogP) is 2.85. The van der Waals surface area contributed by atoms with Crippen LogP contribution in [0.15, 0.2) is 18.5 Å². The Morgan fingerprint density at radius 1 is 1.19 bits per heavy atom. The number of nitrogens with zero attached hydrogens (tertiary/aromatic N) is 3. The molecule has 5 nitrogen and oxygen atoms in total. The fourth-order valence-corrected chi connectivity index (χ4v) is 5.35. The standard InChI is InChI=1S/C21H30N4O/c26-20(17-6-7-17)25-11-8-18-19(23-15-22-18)21(25)9-12-24(13-10-21)14-16-4-2-1-3-5-16/h1-2,15-17H,3-14H2,(H,22,23). The van der Waals surface area contributed by atoms with Gasteiger partial charge in [-0.3, -0.25) is 4.79 Å². The smallest absolute Gasteiger partial charge is 0.226 e. The van der Waals surface area contributed by atoms with Crippen LogP contribution in [0.1, 0.15) is 56.3 Å². The number of rotatable bonds is 3. The van der Waals surface area contributed by atoms with Crippen LogP contribution < -0.4 is 0 Å². The summed E-state index contributed by atoms with van der Waals surface area (Å²) in [6.45, 7) is 4.24. The highest BCUT2D eigenvalue weighted by Crippen LogP contribution is 2.45. The van der Waals surface area contributed by atoms with Gasteiger partial charge in [-0.1, -0.05) is 12.2 Å². The van der Waals surface area contributed by atoms with E-state index in [9.17, 15) is 4.79 Å². The largest absolute Gasteiger partial charge is 0.348 e. The summed E-state index contributed by atoms with van der Waals surface area (Å²) >= 11 is 0. The molecule has 26 heavy (non-hydrogen) atoms. The first-order chi connectivity index (χ1) is 12.8. The van der Waals surface area contributed by atoms with E-state index in [1.54, 1.807) is 0 Å². The Balaban J connectivity index is 1.34. The molecule has 1 atom stereocenters. The zero-order valence-corrected chi connectivity index (χ0v) is 15.6. The van der Waals surface area contributed by atoms with Crippen LogP contribution in [0, 0.1) is 11.8 Å². The fourth-order valence-electron chi connectivity index (χ4n) is 5.35. The van der Waals surface area contributed by atoms with Gasteiger partial charge in [-0.15, -0.1) is 0 Å². The first-order valence-electron chi connectivity index (χ1n) is 10.5. The lowest BCUT2D eigenvalue weighted by molar-refractivity contribution is -0.143. The molecule has 1 saturated heterocycles. The summed E-state index contributed by atoms with van der Waals surface area (Å²) < 4.78 is 0. The van der Waals surface area contributed by atoms with Crippen LogP contribution in [0.2, 0.25) is 0 Å². The average molecular weight is 354 g/mol. The molecule has 2 fully saturated rings. The topological polar surface area (TPSA) is 52.2 Å². The van der Waals surface area contributed by atoms with Gasteiger partial charge in [-0.2, -0.15) is 0 Å². The van der Waals surface area contributed by atoms with Gasteiger partial charge in [0.05, 0.1) is 17.6 Å². The second kappa shape index (κ2) is 6.52. The SMILES string of the molecule is O=C(C1CC1)N1CCc2[nH]cnc2C12CCN(CC1CC=CCC1)CC2. The van der Waals surface area contributed by atoms with Gasteiger partial charge in [-0.25, -0.2) is 4.98 Å². The molecule has 4 aliphatic rings. The van der Waals surface area contributed by atoms with E-state index in [4.69, 9.17) is 4.98 Å². The molecular formula is C21H30N4O. The highest BCUT2D eigenvalue weighted by atomic mass is 16.2. The second-order valence-corrected chi connectivity index (χ2v) is 8.73. The van der Waals surface area contributed by atoms with Gasteiger partial charge in [0.1, 0.15) is 0 Å². The minimum Gasteiger partial charge on any atom is -0.348 e. The van der Waals surface area contributed by atoms with Crippen molar-refractivity contribution in [3.8, 4) is 0 Å². The molecule has 3 heterocycles. The molecule has 0 radical (unpaired) electrons. The molecule has 2 aliphatic carbocycles. The molecule has 0 bridgehead atoms. The van der Waals surface area contributed by atoms with Crippen molar-refractivity contribution in [2.24, 2.45) is 11.8 Å². The van der Waals surface area contributed by atoms with Crippen molar-refractivity contribution in [2.75, 3.05) is 26.2 Å². The highest BCUT2D eigenvalue weighted by molar-refractivity contribution is 5.82. The number of fused-ring (bicyclic) bond motifs is 2. The molecule has 2 aliphatic heterocycles. The van der Waals surface area contributed by atoms with Crippen molar-refractivity contribution in [3.05, 3.63) is 29.9 Å². The minimum absolute atomic E-state index is 0.157. The number of imidazole rings is 1. The van der Waals surface area contributed by atoms with Crippen molar-refractivity contribution in [2.45, 2.75) is 56.9 Å². The number of aromatic amines is 1. The van der Waals surface area contributed by atoms with E-state index in [1.807, 2.05) is 6.33 Å². The number of nitrogens with one attached hydrogen (secondary N) is 1. The number of aromatic nitrogens is 2. The fraction of sp³-hybridized carbons (Fsp3) is 0.714. The zero-order chi connectivity index (χ0) is 17.6. The number of allylic oxidation sites excluding steroid dienone is 2. The maximum absolute atomic E-state index is 13.0. The maximum atomic E-state index is 13.0. The van der Waals surface area contributed by atoms with Crippen LogP contribution >= 0.6 is 0 Å². The molecule has 1 saturated carbocycles. The third-order valence-corrected chi connectivity index (χ3v) is 7.03. The van der Waals surface area contributed by atoms with Crippen molar-refractivity contribution in [1.29, 1.82) is 0 Å². The molecule has 1 aromatic heterocycles. The lowest BCUT2D eigenvalue weighted by Crippen LogP contribution is -2.59. The van der Waals surface area contributed by atoms with Crippen molar-refractivity contribution in [1.82, 2.24) is 19.8 Å². The highest BCUT2D eigenvalue weighted by Gasteiger charge is 2.50. The third-order valence-electron chi connectivity index (χ3n) is 7.03. The van der Waals surface area contributed by atoms with Crippen LogP contribution in [0.5, 0.6) is 0 Å². The number of amides is 1. The van der Waals surface area contributed by atoms with E-state index in [0.29, 0.717) is 11.8 Å². The van der Waals surface area contributed by atoms with Gasteiger partial charge >= 0.3 is 0 Å². The quantitative estimate of drug-likeness (QED) is 0.849. The van der Waals surface area contributed by atoms with Gasteiger partial charge < -0.3 is 14.8 Å². The van der Waals surface area contributed by atoms with Gasteiger partial charge in [0.15, 0.2) is 0 Å². The molecule has 0 aromatic carbocycles. The van der Waals surface area contributed by atoms with Gasteiger partial charge in [-0.05, 0) is 50.9 Å². The summed E-state index contributed by atoms with van der Waals surface area (Å²) in [5.74, 6) is 1.49. The molecule has 5 heteroatoms. The molecule has 5 rings (SSSR count). The Labute approximate surface area is 155 Å². The van der Waals surface area contributed by atoms with Crippen LogP contribution in [0.4, 0.5) is 0 Å². The number of carbonyl (C=O) groups excluding carboxylic acids is 1. The van der Waals surface area contributed by atoms with Crippen LogP contribution in [0.3, 0.4) is 0 Å². The lowest BCUT2D eigenvalue weighted by Gasteiger charge is -2.51. The molecule has 1 unspecified atom stereocenters. The Morgan fingerprint density at radius 2 is 2.04 bits per heavy atom. The maximum Gasteiger partial charge on any atom is 0.226 e. The average Bonchev–Trinajstić information content (AvgIpc) is 3.41. The number of piperidine rings is 1. The van der Waals surface area contributed by atoms with Gasteiger partial charge in [0, 0.05) is 44.2 Å². The van der Waals surface area contributed by atoms with Crippen LogP contribution in [0.25, 0.3) is 0 Å². The summed E-state index contributed by atoms with van der Waals surface area (Å²) in [5, 5.41) is 0. The summed E-state index contributed by atoms with van der Waals surface area (Å²) in [7, 11) is 0. The molecule has 1 N–H and O–H groups in total. The minimum atomic E-state index is -0.157. The lowest BCUT2D eigenvalue weighted by atomic mass is 9.78. The Kier molecular flexibility index (Phi) is 4.15. The third kappa shape index (κ3) is 2.81. The first-order valence-corrected chi connectivity index (χ1v) is 10.5. The zero-order valence-electron chi connectivity index (χ0n) is 15.6. The summed E-state index contributed by atoms with van der Waals surface area (Å²) in [6, 6.07) is 0. The normalized spacial score (nSPS) is 28.3. The molecule has 140 valence electrons. The number of carbonyl (C=O) groups is 1. The Hall–Kier alpha value is -1.62. The molecule has 1 amide bonds. The van der Waals surface area contributed by atoms with Crippen LogP contribution in [-0.4, -0.2) is 51.9 Å². The van der Waals surface area contributed by atoms with E-state index in [2.05, 4.69) is 26.9 Å². The second-order valence-electron chi connectivity index (χ2n) is 8.73. The predicted molar refractivity (Wildman–Crippen MR) is 101 cm³/mol. The first kappa shape index (κ1) is 16.5. The molecule has 1 aromatic rings. The van der Waals surface area contributed by atoms with E-state index < -0.39 is 0 Å². The number of hydrogen-bond acceptors (Lipinski definition) is 3. The number of hydrogen-bond donors (Lipinski definition) is 1. The monoisotopic (exact) mass is 354 g/mol. The van der Waals surface area contributed by atoms with E-state index in [1.165, 1.54) is 31.5 Å². The number of H-pyrrole nitrogens is 1. The molecule has 1 spiro atoms. The van der Waals surface area contributed by atoms with Crippen molar-refractivity contribution < 1.29 is 4.79 Å². The van der Waals surface area contributed by atoms with E-state index in [0.717, 1.165) is 63.4 Å². The van der Waals surface area contributed by atoms with E-state index >= 15 is 0 Å². The number of likely N-dealkylation sites (tertiary alicyclic amines) is 1. The van der Waals surface area contributed by atoms with Crippen LogP contribution in [-0.2, 0) is 16.8 Å². The summed E-state index contributed by atoms with van der Waals surface area (Å²) in [5.41, 5.74) is 2.27. The molecular weight excluding hydrogens is 324 g/mol. The van der Waals surface area contributed by atoms with Gasteiger partial charge in [0.25, 0.3) is 0 Å². The Bertz CT molecular complexity index is 697. The van der Waals surface area contributed by atoms with Crippen molar-refractivity contribution in [3.63, 3.8) is 0 Å². The summed E-state index contributed by atoms with van der Waals surface area (Å²) in [6.07, 6.45) is 15.5. The van der Waals surface area contributed by atoms with E-state index in [-0.39, 0.29) is 5.54 Å².